The molecule has 0 radical (unpaired) electrons. The third-order valence-electron chi connectivity index (χ3n) is 6.23. The summed E-state index contributed by atoms with van der Waals surface area (Å²) >= 11 is 1.37. The molecule has 0 unspecified atom stereocenters. The first-order valence-electron chi connectivity index (χ1n) is 11.4. The molecule has 1 fully saturated rings. The van der Waals surface area contributed by atoms with E-state index in [0.29, 0.717) is 42.8 Å². The number of rotatable bonds is 4. The van der Waals surface area contributed by atoms with Crippen LogP contribution in [0.1, 0.15) is 50.2 Å². The van der Waals surface area contributed by atoms with E-state index in [1.165, 1.54) is 34.4 Å². The monoisotopic (exact) mass is 510 g/mol. The topological polar surface area (TPSA) is 75.2 Å². The van der Waals surface area contributed by atoms with E-state index in [0.717, 1.165) is 16.5 Å². The first-order valence-corrected chi connectivity index (χ1v) is 12.3. The number of hydrogen-bond donors (Lipinski definition) is 1. The van der Waals surface area contributed by atoms with Crippen LogP contribution in [0.5, 0.6) is 0 Å². The van der Waals surface area contributed by atoms with Gasteiger partial charge < -0.3 is 10.2 Å². The molecule has 1 aliphatic heterocycles. The smallest absolute Gasteiger partial charge is 0.339 e. The Morgan fingerprint density at radius 1 is 1.00 bits per heavy atom. The van der Waals surface area contributed by atoms with Crippen LogP contribution in [0.4, 0.5) is 18.9 Å². The molecule has 4 aromatic rings. The van der Waals surface area contributed by atoms with Crippen LogP contribution in [0.15, 0.2) is 66.2 Å². The highest BCUT2D eigenvalue weighted by Crippen LogP contribution is 2.35. The van der Waals surface area contributed by atoms with Gasteiger partial charge in [0.2, 0.25) is 0 Å². The number of alkyl halides is 3. The minimum absolute atomic E-state index is 0.0256. The summed E-state index contributed by atoms with van der Waals surface area (Å²) in [6.07, 6.45) is -1.81. The van der Waals surface area contributed by atoms with E-state index in [2.05, 4.69) is 15.3 Å². The Balaban J connectivity index is 1.24. The van der Waals surface area contributed by atoms with E-state index < -0.39 is 17.6 Å². The first kappa shape index (κ1) is 23.9. The van der Waals surface area contributed by atoms with Crippen LogP contribution in [-0.2, 0) is 6.18 Å². The maximum atomic E-state index is 13.3. The number of carbonyl (C=O) groups is 2. The Bertz CT molecular complexity index is 1420. The number of halogens is 3. The maximum absolute atomic E-state index is 13.3. The van der Waals surface area contributed by atoms with Crippen molar-refractivity contribution < 1.29 is 22.8 Å². The Kier molecular flexibility index (Phi) is 6.44. The molecule has 1 aliphatic rings. The number of hydrogen-bond acceptors (Lipinski definition) is 5. The number of nitrogens with one attached hydrogen (secondary N) is 1. The first-order chi connectivity index (χ1) is 17.3. The molecule has 0 bridgehead atoms. The number of fused-ring (bicyclic) bond motifs is 1. The molecular formula is C26H21F3N4O2S. The minimum atomic E-state index is -4.59. The molecule has 1 N–H and O–H groups in total. The van der Waals surface area contributed by atoms with Gasteiger partial charge in [0.1, 0.15) is 5.69 Å². The van der Waals surface area contributed by atoms with Crippen LogP contribution in [0.2, 0.25) is 0 Å². The highest BCUT2D eigenvalue weighted by molar-refractivity contribution is 7.10. The van der Waals surface area contributed by atoms with Crippen molar-refractivity contribution in [2.24, 2.45) is 0 Å². The third-order valence-corrected chi connectivity index (χ3v) is 7.24. The zero-order chi connectivity index (χ0) is 25.3. The number of carbonyl (C=O) groups excluding carboxylic acids is 2. The highest BCUT2D eigenvalue weighted by atomic mass is 32.1. The molecule has 5 rings (SSSR count). The van der Waals surface area contributed by atoms with Crippen molar-refractivity contribution >= 4 is 39.7 Å². The van der Waals surface area contributed by atoms with E-state index in [1.807, 2.05) is 24.3 Å². The van der Waals surface area contributed by atoms with Gasteiger partial charge in [-0.05, 0) is 37.1 Å². The third kappa shape index (κ3) is 4.81. The molecule has 2 aromatic carbocycles. The Morgan fingerprint density at radius 3 is 2.53 bits per heavy atom. The number of piperidine rings is 1. The zero-order valence-electron chi connectivity index (χ0n) is 19.0. The van der Waals surface area contributed by atoms with Crippen molar-refractivity contribution in [1.29, 1.82) is 0 Å². The fourth-order valence-electron chi connectivity index (χ4n) is 4.39. The van der Waals surface area contributed by atoms with Crippen molar-refractivity contribution in [1.82, 2.24) is 14.9 Å². The summed E-state index contributed by atoms with van der Waals surface area (Å²) in [6, 6.07) is 14.1. The average Bonchev–Trinajstić information content (AvgIpc) is 3.39. The van der Waals surface area contributed by atoms with Gasteiger partial charge >= 0.3 is 6.18 Å². The molecule has 36 heavy (non-hydrogen) atoms. The summed E-state index contributed by atoms with van der Waals surface area (Å²) in [4.78, 5) is 36.0. The fraction of sp³-hybridized carbons (Fsp3) is 0.231. The SMILES string of the molecule is O=C(Nc1cccc2cccnc12)c1csc(C2CCN(C(=O)c3ccccc3C(F)(F)F)CC2)n1. The second-order valence-electron chi connectivity index (χ2n) is 8.52. The summed E-state index contributed by atoms with van der Waals surface area (Å²) in [5, 5.41) is 6.26. The molecule has 0 aliphatic carbocycles. The molecule has 184 valence electrons. The number of likely N-dealkylation sites (tertiary alicyclic amines) is 1. The zero-order valence-corrected chi connectivity index (χ0v) is 19.8. The van der Waals surface area contributed by atoms with Crippen molar-refractivity contribution in [3.63, 3.8) is 0 Å². The van der Waals surface area contributed by atoms with E-state index in [9.17, 15) is 22.8 Å². The fourth-order valence-corrected chi connectivity index (χ4v) is 5.36. The molecule has 2 aromatic heterocycles. The van der Waals surface area contributed by atoms with Crippen LogP contribution >= 0.6 is 11.3 Å². The second-order valence-corrected chi connectivity index (χ2v) is 9.41. The number of nitrogens with zero attached hydrogens (tertiary/aromatic N) is 3. The summed E-state index contributed by atoms with van der Waals surface area (Å²) < 4.78 is 40.0. The largest absolute Gasteiger partial charge is 0.417 e. The van der Waals surface area contributed by atoms with Crippen LogP contribution in [0, 0.1) is 0 Å². The van der Waals surface area contributed by atoms with E-state index in [4.69, 9.17) is 0 Å². The predicted octanol–water partition coefficient (Wildman–Crippen LogP) is 5.98. The molecule has 3 heterocycles. The number of benzene rings is 2. The molecular weight excluding hydrogens is 489 g/mol. The van der Waals surface area contributed by atoms with Gasteiger partial charge in [0, 0.05) is 36.0 Å². The van der Waals surface area contributed by atoms with Crippen molar-refractivity contribution in [2.45, 2.75) is 24.9 Å². The lowest BCUT2D eigenvalue weighted by atomic mass is 9.96. The molecule has 6 nitrogen and oxygen atoms in total. The number of amides is 2. The van der Waals surface area contributed by atoms with Crippen molar-refractivity contribution in [3.8, 4) is 0 Å². The van der Waals surface area contributed by atoms with Gasteiger partial charge in [-0.15, -0.1) is 11.3 Å². The number of para-hydroxylation sites is 1. The van der Waals surface area contributed by atoms with Crippen molar-refractivity contribution in [3.05, 3.63) is 88.0 Å². The lowest BCUT2D eigenvalue weighted by Gasteiger charge is -2.31. The number of aromatic nitrogens is 2. The van der Waals surface area contributed by atoms with Crippen LogP contribution < -0.4 is 5.32 Å². The Morgan fingerprint density at radius 2 is 1.75 bits per heavy atom. The molecule has 1 saturated heterocycles. The molecule has 0 spiro atoms. The van der Waals surface area contributed by atoms with Crippen LogP contribution in [-0.4, -0.2) is 39.8 Å². The normalized spacial score (nSPS) is 14.7. The van der Waals surface area contributed by atoms with E-state index >= 15 is 0 Å². The molecule has 10 heteroatoms. The quantitative estimate of drug-likeness (QED) is 0.366. The van der Waals surface area contributed by atoms with Gasteiger partial charge in [-0.1, -0.05) is 30.3 Å². The standard InChI is InChI=1S/C26H21F3N4O2S/c27-26(28,29)19-8-2-1-7-18(19)25(35)33-13-10-17(11-14-33)24-32-21(15-36-24)23(34)31-20-9-3-5-16-6-4-12-30-22(16)20/h1-9,12,15,17H,10-11,13-14H2,(H,31,34). The Labute approximate surface area is 208 Å². The summed E-state index contributed by atoms with van der Waals surface area (Å²) in [6.45, 7) is 0.636. The lowest BCUT2D eigenvalue weighted by Crippen LogP contribution is -2.38. The van der Waals surface area contributed by atoms with Crippen molar-refractivity contribution in [2.75, 3.05) is 18.4 Å². The second kappa shape index (κ2) is 9.69. The summed E-state index contributed by atoms with van der Waals surface area (Å²) in [5.74, 6) is -0.936. The molecule has 0 atom stereocenters. The van der Waals surface area contributed by atoms with E-state index in [1.54, 1.807) is 17.6 Å². The molecule has 2 amide bonds. The lowest BCUT2D eigenvalue weighted by molar-refractivity contribution is -0.138. The van der Waals surface area contributed by atoms with Gasteiger partial charge in [0.05, 0.1) is 27.3 Å². The van der Waals surface area contributed by atoms with Gasteiger partial charge in [0.25, 0.3) is 11.8 Å². The number of pyridine rings is 1. The highest BCUT2D eigenvalue weighted by Gasteiger charge is 2.36. The average molecular weight is 511 g/mol. The summed E-state index contributed by atoms with van der Waals surface area (Å²) in [5.41, 5.74) is 0.320. The maximum Gasteiger partial charge on any atom is 0.417 e. The van der Waals surface area contributed by atoms with Crippen LogP contribution in [0.3, 0.4) is 0 Å². The minimum Gasteiger partial charge on any atom is -0.339 e. The number of thiazole rings is 1. The van der Waals surface area contributed by atoms with Gasteiger partial charge in [-0.3, -0.25) is 14.6 Å². The van der Waals surface area contributed by atoms with Crippen LogP contribution in [0.25, 0.3) is 10.9 Å². The Hall–Kier alpha value is -3.79. The van der Waals surface area contributed by atoms with Gasteiger partial charge in [-0.2, -0.15) is 13.2 Å². The predicted molar refractivity (Wildman–Crippen MR) is 131 cm³/mol. The number of anilines is 1. The van der Waals surface area contributed by atoms with Gasteiger partial charge in [0.15, 0.2) is 0 Å². The molecule has 0 saturated carbocycles. The van der Waals surface area contributed by atoms with E-state index in [-0.39, 0.29) is 17.4 Å². The summed E-state index contributed by atoms with van der Waals surface area (Å²) in [7, 11) is 0. The van der Waals surface area contributed by atoms with Gasteiger partial charge in [-0.25, -0.2) is 4.98 Å².